The van der Waals surface area contributed by atoms with E-state index in [-0.39, 0.29) is 22.8 Å². The molecule has 2 amide bonds. The molecule has 8 heteroatoms. The first-order valence-electron chi connectivity index (χ1n) is 12.5. The predicted octanol–water partition coefficient (Wildman–Crippen LogP) is 3.44. The summed E-state index contributed by atoms with van der Waals surface area (Å²) in [7, 11) is 1.92. The minimum absolute atomic E-state index is 0.00974. The lowest BCUT2D eigenvalue weighted by molar-refractivity contribution is 0.00374. The zero-order valence-corrected chi connectivity index (χ0v) is 21.1. The number of aromatic nitrogens is 2. The number of carbonyl (C=O) groups excluding carboxylic acids is 2. The smallest absolute Gasteiger partial charge is 0.410 e. The molecule has 2 spiro atoms. The largest absolute Gasteiger partial charge is 0.444 e. The third-order valence-electron chi connectivity index (χ3n) is 7.52. The SMILES string of the molecule is Cc1cc2n(n1)CC1(CC1)CNCCCC1(CCN(C(=O)OC(C)(C)C)CC1)CN(C)C2=O. The highest BCUT2D eigenvalue weighted by Gasteiger charge is 2.44. The van der Waals surface area contributed by atoms with Crippen molar-refractivity contribution in [2.45, 2.75) is 78.4 Å². The second kappa shape index (κ2) is 8.93. The van der Waals surface area contributed by atoms with E-state index in [2.05, 4.69) is 10.4 Å². The number of nitrogens with zero attached hydrogens (tertiary/aromatic N) is 4. The predicted molar refractivity (Wildman–Crippen MR) is 127 cm³/mol. The summed E-state index contributed by atoms with van der Waals surface area (Å²) in [6.45, 7) is 12.5. The van der Waals surface area contributed by atoms with Gasteiger partial charge in [-0.25, -0.2) is 4.79 Å². The summed E-state index contributed by atoms with van der Waals surface area (Å²) < 4.78 is 7.53. The molecule has 3 aliphatic rings. The molecule has 1 saturated heterocycles. The van der Waals surface area contributed by atoms with Crippen LogP contribution in [-0.4, -0.2) is 77.0 Å². The second-order valence-corrected chi connectivity index (χ2v) is 11.7. The third-order valence-corrected chi connectivity index (χ3v) is 7.52. The van der Waals surface area contributed by atoms with Crippen molar-refractivity contribution in [3.05, 3.63) is 17.5 Å². The lowest BCUT2D eigenvalue weighted by atomic mass is 9.74. The monoisotopic (exact) mass is 459 g/mol. The maximum Gasteiger partial charge on any atom is 0.410 e. The molecular weight excluding hydrogens is 418 g/mol. The highest BCUT2D eigenvalue weighted by molar-refractivity contribution is 5.92. The molecule has 4 rings (SSSR count). The molecule has 1 N–H and O–H groups in total. The average Bonchev–Trinajstić information content (AvgIpc) is 3.39. The number of likely N-dealkylation sites (tertiary alicyclic amines) is 1. The Balaban J connectivity index is 1.50. The fourth-order valence-corrected chi connectivity index (χ4v) is 5.41. The Morgan fingerprint density at radius 1 is 1.09 bits per heavy atom. The number of rotatable bonds is 0. The van der Waals surface area contributed by atoms with E-state index >= 15 is 0 Å². The highest BCUT2D eigenvalue weighted by atomic mass is 16.6. The van der Waals surface area contributed by atoms with Gasteiger partial charge in [-0.1, -0.05) is 0 Å². The molecule has 1 aromatic heterocycles. The van der Waals surface area contributed by atoms with Crippen LogP contribution in [0.4, 0.5) is 4.79 Å². The summed E-state index contributed by atoms with van der Waals surface area (Å²) in [6.07, 6.45) is 6.03. The molecule has 1 aromatic rings. The van der Waals surface area contributed by atoms with Gasteiger partial charge in [-0.15, -0.1) is 0 Å². The number of aryl methyl sites for hydroxylation is 1. The van der Waals surface area contributed by atoms with Crippen LogP contribution in [0.25, 0.3) is 0 Å². The average molecular weight is 460 g/mol. The van der Waals surface area contributed by atoms with E-state index in [1.807, 2.05) is 55.3 Å². The van der Waals surface area contributed by atoms with Gasteiger partial charge in [-0.05, 0) is 84.2 Å². The van der Waals surface area contributed by atoms with Crippen LogP contribution < -0.4 is 5.32 Å². The van der Waals surface area contributed by atoms with Gasteiger partial charge >= 0.3 is 6.09 Å². The second-order valence-electron chi connectivity index (χ2n) is 11.7. The number of hydrogen-bond donors (Lipinski definition) is 1. The maximum absolute atomic E-state index is 13.5. The standard InChI is InChI=1S/C25H41N5O3/c1-19-15-20-21(31)28(5)17-24(10-13-29(14-11-24)22(32)33-23(2,3)4)7-6-12-26-16-25(8-9-25)18-30(20)27-19/h15,26H,6-14,16-18H2,1-5H3. The van der Waals surface area contributed by atoms with Crippen molar-refractivity contribution in [2.24, 2.45) is 10.8 Å². The van der Waals surface area contributed by atoms with Crippen molar-refractivity contribution in [3.63, 3.8) is 0 Å². The molecule has 0 bridgehead atoms. The first kappa shape index (κ1) is 24.0. The lowest BCUT2D eigenvalue weighted by Gasteiger charge is -2.44. The number of amides is 2. The summed E-state index contributed by atoms with van der Waals surface area (Å²) in [6, 6.07) is 1.93. The van der Waals surface area contributed by atoms with Crippen molar-refractivity contribution < 1.29 is 14.3 Å². The van der Waals surface area contributed by atoms with Gasteiger partial charge in [0.1, 0.15) is 11.3 Å². The number of nitrogens with one attached hydrogen (secondary N) is 1. The minimum Gasteiger partial charge on any atom is -0.444 e. The van der Waals surface area contributed by atoms with Crippen molar-refractivity contribution in [1.82, 2.24) is 24.9 Å². The number of fused-ring (bicyclic) bond motifs is 1. The normalized spacial score (nSPS) is 23.5. The molecule has 2 aliphatic heterocycles. The zero-order chi connectivity index (χ0) is 23.9. The van der Waals surface area contributed by atoms with Crippen molar-refractivity contribution in [1.29, 1.82) is 0 Å². The Labute approximate surface area is 198 Å². The van der Waals surface area contributed by atoms with Crippen LogP contribution in [-0.2, 0) is 11.3 Å². The Hall–Kier alpha value is -2.09. The van der Waals surface area contributed by atoms with Crippen LogP contribution in [0.3, 0.4) is 0 Å². The molecule has 0 aromatic carbocycles. The van der Waals surface area contributed by atoms with Crippen LogP contribution in [0.2, 0.25) is 0 Å². The van der Waals surface area contributed by atoms with Crippen LogP contribution in [0, 0.1) is 17.8 Å². The molecule has 1 aliphatic carbocycles. The fraction of sp³-hybridized carbons (Fsp3) is 0.800. The summed E-state index contributed by atoms with van der Waals surface area (Å²) >= 11 is 0. The Kier molecular flexibility index (Phi) is 6.51. The Morgan fingerprint density at radius 2 is 1.79 bits per heavy atom. The fourth-order valence-electron chi connectivity index (χ4n) is 5.41. The molecule has 0 radical (unpaired) electrons. The zero-order valence-electron chi connectivity index (χ0n) is 21.1. The van der Waals surface area contributed by atoms with Crippen molar-refractivity contribution >= 4 is 12.0 Å². The van der Waals surface area contributed by atoms with E-state index in [1.54, 1.807) is 0 Å². The van der Waals surface area contributed by atoms with Gasteiger partial charge in [0.05, 0.1) is 5.69 Å². The van der Waals surface area contributed by atoms with Crippen LogP contribution in [0.1, 0.15) is 75.5 Å². The van der Waals surface area contributed by atoms with Gasteiger partial charge in [0, 0.05) is 45.2 Å². The molecule has 2 fully saturated rings. The maximum atomic E-state index is 13.5. The molecule has 8 nitrogen and oxygen atoms in total. The van der Waals surface area contributed by atoms with Gasteiger partial charge < -0.3 is 19.9 Å². The van der Waals surface area contributed by atoms with Gasteiger partial charge in [0.25, 0.3) is 5.91 Å². The van der Waals surface area contributed by atoms with E-state index < -0.39 is 5.60 Å². The van der Waals surface area contributed by atoms with E-state index in [4.69, 9.17) is 4.74 Å². The number of hydrogen-bond acceptors (Lipinski definition) is 5. The van der Waals surface area contributed by atoms with Crippen molar-refractivity contribution in [3.8, 4) is 0 Å². The van der Waals surface area contributed by atoms with Crippen LogP contribution >= 0.6 is 0 Å². The van der Waals surface area contributed by atoms with Crippen molar-refractivity contribution in [2.75, 3.05) is 39.8 Å². The summed E-state index contributed by atoms with van der Waals surface area (Å²) in [5.74, 6) is 0.0487. The first-order valence-corrected chi connectivity index (χ1v) is 12.5. The minimum atomic E-state index is -0.490. The topological polar surface area (TPSA) is 79.7 Å². The molecular formula is C25H41N5O3. The summed E-state index contributed by atoms with van der Waals surface area (Å²) in [5, 5.41) is 8.36. The summed E-state index contributed by atoms with van der Waals surface area (Å²) in [4.78, 5) is 29.8. The van der Waals surface area contributed by atoms with E-state index in [9.17, 15) is 9.59 Å². The Morgan fingerprint density at radius 3 is 2.42 bits per heavy atom. The molecule has 1 saturated carbocycles. The number of ether oxygens (including phenoxy) is 1. The summed E-state index contributed by atoms with van der Waals surface area (Å²) in [5.41, 5.74) is 1.34. The van der Waals surface area contributed by atoms with Gasteiger partial charge in [-0.2, -0.15) is 5.10 Å². The highest BCUT2D eigenvalue weighted by Crippen LogP contribution is 2.47. The lowest BCUT2D eigenvalue weighted by Crippen LogP contribution is -2.49. The quantitative estimate of drug-likeness (QED) is 0.643. The third kappa shape index (κ3) is 5.70. The molecule has 33 heavy (non-hydrogen) atoms. The molecule has 0 unspecified atom stereocenters. The van der Waals surface area contributed by atoms with E-state index in [1.165, 1.54) is 12.8 Å². The van der Waals surface area contributed by atoms with Crippen LogP contribution in [0.15, 0.2) is 6.07 Å². The molecule has 184 valence electrons. The van der Waals surface area contributed by atoms with Gasteiger partial charge in [0.15, 0.2) is 0 Å². The molecule has 0 atom stereocenters. The first-order chi connectivity index (χ1) is 15.5. The Bertz CT molecular complexity index is 875. The van der Waals surface area contributed by atoms with Gasteiger partial charge in [-0.3, -0.25) is 9.48 Å². The van der Waals surface area contributed by atoms with E-state index in [0.29, 0.717) is 25.3 Å². The van der Waals surface area contributed by atoms with E-state index in [0.717, 1.165) is 51.0 Å². The number of piperidine rings is 1. The van der Waals surface area contributed by atoms with Crippen LogP contribution in [0.5, 0.6) is 0 Å². The number of carbonyl (C=O) groups is 2. The molecule has 3 heterocycles. The van der Waals surface area contributed by atoms with Gasteiger partial charge in [0.2, 0.25) is 0 Å².